The number of aromatic nitrogens is 1. The topological polar surface area (TPSA) is 64.9 Å². The molecule has 1 heterocycles. The third-order valence-electron chi connectivity index (χ3n) is 2.10. The van der Waals surface area contributed by atoms with Gasteiger partial charge in [0, 0.05) is 18.1 Å². The van der Waals surface area contributed by atoms with Gasteiger partial charge in [0.25, 0.3) is 0 Å². The number of halogens is 1. The van der Waals surface area contributed by atoms with Crippen molar-refractivity contribution < 1.29 is 0 Å². The van der Waals surface area contributed by atoms with Crippen molar-refractivity contribution in [2.45, 2.75) is 6.54 Å². The quantitative estimate of drug-likeness (QED) is 0.752. The molecule has 0 aliphatic carbocycles. The third-order valence-corrected chi connectivity index (χ3v) is 2.10. The number of hydrogen-bond donors (Lipinski definition) is 2. The fourth-order valence-corrected chi connectivity index (χ4v) is 1.36. The minimum atomic E-state index is 0. The van der Waals surface area contributed by atoms with Gasteiger partial charge < -0.3 is 11.5 Å². The fourth-order valence-electron chi connectivity index (χ4n) is 1.36. The predicted molar refractivity (Wildman–Crippen MR) is 61.3 cm³/mol. The molecule has 1 aromatic heterocycles. The number of nitrogens with zero attached hydrogens (tertiary/aromatic N) is 1. The second kappa shape index (κ2) is 4.26. The average molecular weight is 210 g/mol. The van der Waals surface area contributed by atoms with Crippen LogP contribution >= 0.6 is 12.4 Å². The van der Waals surface area contributed by atoms with Crippen molar-refractivity contribution in [1.82, 2.24) is 4.98 Å². The maximum atomic E-state index is 5.73. The minimum Gasteiger partial charge on any atom is -0.383 e. The summed E-state index contributed by atoms with van der Waals surface area (Å²) >= 11 is 0. The molecule has 0 aliphatic heterocycles. The molecule has 1 aromatic carbocycles. The molecule has 74 valence electrons. The van der Waals surface area contributed by atoms with Gasteiger partial charge in [-0.25, -0.2) is 4.98 Å². The van der Waals surface area contributed by atoms with Gasteiger partial charge in [-0.15, -0.1) is 12.4 Å². The zero-order chi connectivity index (χ0) is 9.26. The van der Waals surface area contributed by atoms with Crippen LogP contribution in [0.5, 0.6) is 0 Å². The van der Waals surface area contributed by atoms with Gasteiger partial charge in [-0.2, -0.15) is 0 Å². The molecule has 0 amide bonds. The summed E-state index contributed by atoms with van der Waals surface area (Å²) in [7, 11) is 0. The lowest BCUT2D eigenvalue weighted by Gasteiger charge is -2.02. The van der Waals surface area contributed by atoms with Crippen LogP contribution in [0.4, 0.5) is 5.82 Å². The van der Waals surface area contributed by atoms with Gasteiger partial charge in [0.05, 0.1) is 0 Å². The Bertz CT molecular complexity index is 442. The zero-order valence-corrected chi connectivity index (χ0v) is 8.42. The van der Waals surface area contributed by atoms with E-state index in [9.17, 15) is 0 Å². The van der Waals surface area contributed by atoms with Crippen LogP contribution in [0.2, 0.25) is 0 Å². The van der Waals surface area contributed by atoms with E-state index >= 15 is 0 Å². The Labute approximate surface area is 88.5 Å². The Kier molecular flexibility index (Phi) is 3.28. The third kappa shape index (κ3) is 1.78. The molecule has 0 aliphatic rings. The van der Waals surface area contributed by atoms with E-state index in [1.54, 1.807) is 6.20 Å². The standard InChI is InChI=1S/C10H11N3.ClH/c11-6-7-1-2-8-3-4-13-10(12)9(8)5-7;/h1-5H,6,11H2,(H2,12,13);1H. The molecule has 0 atom stereocenters. The van der Waals surface area contributed by atoms with E-state index in [-0.39, 0.29) is 12.4 Å². The monoisotopic (exact) mass is 209 g/mol. The number of pyridine rings is 1. The Morgan fingerprint density at radius 1 is 1.21 bits per heavy atom. The van der Waals surface area contributed by atoms with E-state index in [0.29, 0.717) is 12.4 Å². The summed E-state index contributed by atoms with van der Waals surface area (Å²) in [6.45, 7) is 0.532. The molecule has 14 heavy (non-hydrogen) atoms. The van der Waals surface area contributed by atoms with Crippen molar-refractivity contribution in [3.63, 3.8) is 0 Å². The van der Waals surface area contributed by atoms with Crippen LogP contribution in [0.25, 0.3) is 10.8 Å². The van der Waals surface area contributed by atoms with Crippen molar-refractivity contribution in [3.8, 4) is 0 Å². The summed E-state index contributed by atoms with van der Waals surface area (Å²) < 4.78 is 0. The molecule has 0 radical (unpaired) electrons. The van der Waals surface area contributed by atoms with E-state index in [0.717, 1.165) is 16.3 Å². The number of nitrogen functional groups attached to an aromatic ring is 1. The van der Waals surface area contributed by atoms with Crippen molar-refractivity contribution in [3.05, 3.63) is 36.0 Å². The molecular formula is C10H12ClN3. The largest absolute Gasteiger partial charge is 0.383 e. The highest BCUT2D eigenvalue weighted by Crippen LogP contribution is 2.19. The predicted octanol–water partition coefficient (Wildman–Crippen LogP) is 1.70. The van der Waals surface area contributed by atoms with Crippen LogP contribution in [-0.4, -0.2) is 4.98 Å². The van der Waals surface area contributed by atoms with Gasteiger partial charge in [-0.1, -0.05) is 12.1 Å². The minimum absolute atomic E-state index is 0. The Balaban J connectivity index is 0.000000980. The first kappa shape index (κ1) is 10.8. The van der Waals surface area contributed by atoms with Crippen molar-refractivity contribution in [1.29, 1.82) is 0 Å². The molecule has 0 unspecified atom stereocenters. The number of hydrogen-bond acceptors (Lipinski definition) is 3. The normalized spacial score (nSPS) is 9.79. The van der Waals surface area contributed by atoms with E-state index in [2.05, 4.69) is 4.98 Å². The smallest absolute Gasteiger partial charge is 0.131 e. The summed E-state index contributed by atoms with van der Waals surface area (Å²) in [6.07, 6.45) is 1.71. The highest BCUT2D eigenvalue weighted by molar-refractivity contribution is 5.91. The van der Waals surface area contributed by atoms with Crippen LogP contribution in [0.3, 0.4) is 0 Å². The van der Waals surface area contributed by atoms with Crippen molar-refractivity contribution in [2.75, 3.05) is 5.73 Å². The molecule has 2 rings (SSSR count). The molecule has 0 spiro atoms. The molecule has 4 heteroatoms. The van der Waals surface area contributed by atoms with Gasteiger partial charge >= 0.3 is 0 Å². The highest BCUT2D eigenvalue weighted by Gasteiger charge is 1.98. The van der Waals surface area contributed by atoms with Crippen LogP contribution in [0.1, 0.15) is 5.56 Å². The molecular weight excluding hydrogens is 198 g/mol. The van der Waals surface area contributed by atoms with E-state index < -0.39 is 0 Å². The summed E-state index contributed by atoms with van der Waals surface area (Å²) in [5.74, 6) is 0.563. The Morgan fingerprint density at radius 3 is 2.71 bits per heavy atom. The molecule has 0 saturated carbocycles. The average Bonchev–Trinajstić information content (AvgIpc) is 2.18. The Hall–Kier alpha value is -1.32. The number of rotatable bonds is 1. The summed E-state index contributed by atoms with van der Waals surface area (Å²) in [4.78, 5) is 4.02. The van der Waals surface area contributed by atoms with Crippen LogP contribution < -0.4 is 11.5 Å². The number of nitrogens with two attached hydrogens (primary N) is 2. The van der Waals surface area contributed by atoms with Gasteiger partial charge in [0.2, 0.25) is 0 Å². The fraction of sp³-hybridized carbons (Fsp3) is 0.100. The van der Waals surface area contributed by atoms with Gasteiger partial charge in [0.1, 0.15) is 5.82 Å². The van der Waals surface area contributed by atoms with Crippen molar-refractivity contribution >= 4 is 29.0 Å². The van der Waals surface area contributed by atoms with Gasteiger partial charge in [-0.05, 0) is 23.1 Å². The molecule has 0 bridgehead atoms. The molecule has 0 saturated heterocycles. The maximum Gasteiger partial charge on any atom is 0.131 e. The first-order chi connectivity index (χ1) is 6.31. The zero-order valence-electron chi connectivity index (χ0n) is 7.60. The first-order valence-corrected chi connectivity index (χ1v) is 4.14. The molecule has 2 aromatic rings. The van der Waals surface area contributed by atoms with Gasteiger partial charge in [0.15, 0.2) is 0 Å². The summed E-state index contributed by atoms with van der Waals surface area (Å²) in [6, 6.07) is 7.93. The number of anilines is 1. The number of fused-ring (bicyclic) bond motifs is 1. The number of benzene rings is 1. The Morgan fingerprint density at radius 2 is 2.00 bits per heavy atom. The summed E-state index contributed by atoms with van der Waals surface area (Å²) in [5, 5.41) is 2.08. The van der Waals surface area contributed by atoms with E-state index in [1.807, 2.05) is 24.3 Å². The molecule has 3 nitrogen and oxygen atoms in total. The molecule has 0 fully saturated rings. The highest BCUT2D eigenvalue weighted by atomic mass is 35.5. The lowest BCUT2D eigenvalue weighted by molar-refractivity contribution is 1.08. The van der Waals surface area contributed by atoms with Gasteiger partial charge in [-0.3, -0.25) is 0 Å². The summed E-state index contributed by atoms with van der Waals surface area (Å²) in [5.41, 5.74) is 12.3. The van der Waals surface area contributed by atoms with Crippen molar-refractivity contribution in [2.24, 2.45) is 5.73 Å². The second-order valence-electron chi connectivity index (χ2n) is 2.96. The van der Waals surface area contributed by atoms with Crippen LogP contribution in [-0.2, 0) is 6.54 Å². The van der Waals surface area contributed by atoms with Crippen LogP contribution in [0, 0.1) is 0 Å². The lowest BCUT2D eigenvalue weighted by Crippen LogP contribution is -1.97. The lowest BCUT2D eigenvalue weighted by atomic mass is 10.1. The SMILES string of the molecule is Cl.NCc1ccc2ccnc(N)c2c1. The second-order valence-corrected chi connectivity index (χ2v) is 2.96. The van der Waals surface area contributed by atoms with E-state index in [4.69, 9.17) is 11.5 Å². The van der Waals surface area contributed by atoms with Crippen LogP contribution in [0.15, 0.2) is 30.5 Å². The van der Waals surface area contributed by atoms with E-state index in [1.165, 1.54) is 0 Å². The first-order valence-electron chi connectivity index (χ1n) is 4.14. The maximum absolute atomic E-state index is 5.73. The molecule has 4 N–H and O–H groups in total.